The molecule has 3 rings (SSSR count). The summed E-state index contributed by atoms with van der Waals surface area (Å²) in [6, 6.07) is 0. The van der Waals surface area contributed by atoms with Gasteiger partial charge in [0.15, 0.2) is 0 Å². The molecular formula is C15H21N3O4. The average molecular weight is 307 g/mol. The number of hydrogen-bond donors (Lipinski definition) is 3. The topological polar surface area (TPSA) is 117 Å². The van der Waals surface area contributed by atoms with Crippen LogP contribution in [0.3, 0.4) is 0 Å². The number of nitrogens with two attached hydrogens (primary N) is 1. The summed E-state index contributed by atoms with van der Waals surface area (Å²) in [5.74, 6) is -2.51. The van der Waals surface area contributed by atoms with Crippen LogP contribution >= 0.6 is 0 Å². The fraction of sp³-hybridized carbons (Fsp3) is 0.533. The van der Waals surface area contributed by atoms with Gasteiger partial charge in [0.05, 0.1) is 0 Å². The summed E-state index contributed by atoms with van der Waals surface area (Å²) >= 11 is 0. The van der Waals surface area contributed by atoms with Crippen LogP contribution in [-0.4, -0.2) is 40.7 Å². The normalized spacial score (nSPS) is 16.0. The second-order valence-corrected chi connectivity index (χ2v) is 5.60. The first-order valence-electron chi connectivity index (χ1n) is 7.39. The number of nitrogens with zero attached hydrogens (tertiary/aromatic N) is 2. The highest BCUT2D eigenvalue weighted by Crippen LogP contribution is 2.35. The van der Waals surface area contributed by atoms with Crippen molar-refractivity contribution in [1.82, 2.24) is 4.98 Å². The highest BCUT2D eigenvalue weighted by molar-refractivity contribution is 6.27. The van der Waals surface area contributed by atoms with Crippen molar-refractivity contribution >= 4 is 23.4 Å². The summed E-state index contributed by atoms with van der Waals surface area (Å²) in [4.78, 5) is 25.3. The lowest BCUT2D eigenvalue weighted by atomic mass is 9.91. The SMILES string of the molecule is CN1CCCc2c1nc1c(c2N)CCCC1.O=C(O)C(=O)O. The third-order valence-electron chi connectivity index (χ3n) is 4.06. The predicted molar refractivity (Wildman–Crippen MR) is 82.2 cm³/mol. The van der Waals surface area contributed by atoms with Crippen LogP contribution in [0.25, 0.3) is 0 Å². The summed E-state index contributed by atoms with van der Waals surface area (Å²) < 4.78 is 0. The van der Waals surface area contributed by atoms with E-state index in [1.54, 1.807) is 0 Å². The van der Waals surface area contributed by atoms with Crippen molar-refractivity contribution < 1.29 is 19.8 Å². The van der Waals surface area contributed by atoms with E-state index >= 15 is 0 Å². The minimum Gasteiger partial charge on any atom is -0.473 e. The number of aromatic nitrogens is 1. The maximum Gasteiger partial charge on any atom is 0.414 e. The summed E-state index contributed by atoms with van der Waals surface area (Å²) in [5, 5.41) is 14.8. The quantitative estimate of drug-likeness (QED) is 0.614. The fourth-order valence-electron chi connectivity index (χ4n) is 2.96. The van der Waals surface area contributed by atoms with Gasteiger partial charge in [0.2, 0.25) is 0 Å². The number of rotatable bonds is 0. The molecule has 2 heterocycles. The summed E-state index contributed by atoms with van der Waals surface area (Å²) in [7, 11) is 2.12. The highest BCUT2D eigenvalue weighted by Gasteiger charge is 2.23. The first-order chi connectivity index (χ1) is 10.4. The second-order valence-electron chi connectivity index (χ2n) is 5.60. The molecule has 4 N–H and O–H groups in total. The standard InChI is InChI=1S/C13H19N3.C2H2O4/c1-16-8-4-6-10-12(14)9-5-2-3-7-11(9)15-13(10)16;3-1(4)2(5)6/h2-8H2,1H3,(H2,14,15);(H,3,4)(H,5,6). The molecule has 7 heteroatoms. The molecule has 0 bridgehead atoms. The number of carboxylic acid groups (broad SMARTS) is 2. The number of aryl methyl sites for hydroxylation is 1. The number of fused-ring (bicyclic) bond motifs is 2. The van der Waals surface area contributed by atoms with Gasteiger partial charge in [0, 0.05) is 30.5 Å². The molecule has 1 aromatic rings. The lowest BCUT2D eigenvalue weighted by molar-refractivity contribution is -0.159. The van der Waals surface area contributed by atoms with Crippen molar-refractivity contribution in [2.75, 3.05) is 24.2 Å². The Bertz CT molecular complexity index is 589. The number of anilines is 2. The first kappa shape index (κ1) is 16.1. The zero-order valence-corrected chi connectivity index (χ0v) is 12.6. The zero-order valence-electron chi connectivity index (χ0n) is 12.6. The van der Waals surface area contributed by atoms with Gasteiger partial charge in [0.1, 0.15) is 5.82 Å². The molecule has 22 heavy (non-hydrogen) atoms. The van der Waals surface area contributed by atoms with Gasteiger partial charge in [-0.3, -0.25) is 0 Å². The Kier molecular flexibility index (Phi) is 4.85. The van der Waals surface area contributed by atoms with E-state index in [9.17, 15) is 0 Å². The Morgan fingerprint density at radius 2 is 1.64 bits per heavy atom. The molecule has 2 aliphatic rings. The van der Waals surface area contributed by atoms with Gasteiger partial charge in [-0.15, -0.1) is 0 Å². The van der Waals surface area contributed by atoms with E-state index < -0.39 is 11.9 Å². The van der Waals surface area contributed by atoms with Crippen LogP contribution in [0.1, 0.15) is 36.1 Å². The van der Waals surface area contributed by atoms with Crippen molar-refractivity contribution in [3.63, 3.8) is 0 Å². The van der Waals surface area contributed by atoms with Crippen molar-refractivity contribution in [3.8, 4) is 0 Å². The largest absolute Gasteiger partial charge is 0.473 e. The van der Waals surface area contributed by atoms with Gasteiger partial charge in [-0.25, -0.2) is 14.6 Å². The number of pyridine rings is 1. The van der Waals surface area contributed by atoms with Crippen molar-refractivity contribution in [3.05, 3.63) is 16.8 Å². The molecule has 120 valence electrons. The van der Waals surface area contributed by atoms with Crippen molar-refractivity contribution in [2.45, 2.75) is 38.5 Å². The van der Waals surface area contributed by atoms with Crippen LogP contribution in [0.2, 0.25) is 0 Å². The Morgan fingerprint density at radius 1 is 1.05 bits per heavy atom. The highest BCUT2D eigenvalue weighted by atomic mass is 16.4. The molecule has 0 fully saturated rings. The Labute approximate surface area is 128 Å². The van der Waals surface area contributed by atoms with E-state index in [0.29, 0.717) is 0 Å². The van der Waals surface area contributed by atoms with Crippen LogP contribution in [0, 0.1) is 0 Å². The predicted octanol–water partition coefficient (Wildman–Crippen LogP) is 1.08. The van der Waals surface area contributed by atoms with Crippen LogP contribution < -0.4 is 10.6 Å². The number of nitrogen functional groups attached to an aromatic ring is 1. The summed E-state index contributed by atoms with van der Waals surface area (Å²) in [5.41, 5.74) is 11.3. The molecule has 0 saturated heterocycles. The summed E-state index contributed by atoms with van der Waals surface area (Å²) in [6.45, 7) is 1.11. The van der Waals surface area contributed by atoms with Crippen LogP contribution in [-0.2, 0) is 28.9 Å². The lowest BCUT2D eigenvalue weighted by Crippen LogP contribution is -2.28. The van der Waals surface area contributed by atoms with E-state index in [1.165, 1.54) is 36.1 Å². The molecular weight excluding hydrogens is 286 g/mol. The van der Waals surface area contributed by atoms with Gasteiger partial charge in [-0.2, -0.15) is 0 Å². The van der Waals surface area contributed by atoms with Gasteiger partial charge < -0.3 is 20.8 Å². The fourth-order valence-corrected chi connectivity index (χ4v) is 2.96. The van der Waals surface area contributed by atoms with Crippen molar-refractivity contribution in [2.24, 2.45) is 0 Å². The number of aliphatic carboxylic acids is 2. The first-order valence-corrected chi connectivity index (χ1v) is 7.39. The van der Waals surface area contributed by atoms with E-state index in [0.717, 1.165) is 37.3 Å². The van der Waals surface area contributed by atoms with E-state index in [1.807, 2.05) is 0 Å². The van der Waals surface area contributed by atoms with Gasteiger partial charge in [-0.1, -0.05) is 0 Å². The minimum absolute atomic E-state index is 1.05. The zero-order chi connectivity index (χ0) is 16.3. The smallest absolute Gasteiger partial charge is 0.414 e. The monoisotopic (exact) mass is 307 g/mol. The molecule has 0 radical (unpaired) electrons. The van der Waals surface area contributed by atoms with E-state index in [-0.39, 0.29) is 0 Å². The molecule has 0 saturated carbocycles. The van der Waals surface area contributed by atoms with Crippen LogP contribution in [0.5, 0.6) is 0 Å². The van der Waals surface area contributed by atoms with Gasteiger partial charge >= 0.3 is 11.9 Å². The van der Waals surface area contributed by atoms with Crippen LogP contribution in [0.15, 0.2) is 0 Å². The van der Waals surface area contributed by atoms with Gasteiger partial charge in [-0.05, 0) is 44.1 Å². The molecule has 1 aliphatic carbocycles. The number of carboxylic acids is 2. The van der Waals surface area contributed by atoms with E-state index in [4.69, 9.17) is 30.5 Å². The maximum absolute atomic E-state index is 9.10. The molecule has 0 unspecified atom stereocenters. The Balaban J connectivity index is 0.000000254. The Hall–Kier alpha value is -2.31. The molecule has 7 nitrogen and oxygen atoms in total. The molecule has 1 aromatic heterocycles. The van der Waals surface area contributed by atoms with Crippen molar-refractivity contribution in [1.29, 1.82) is 0 Å². The summed E-state index contributed by atoms with van der Waals surface area (Å²) in [6.07, 6.45) is 7.08. The molecule has 1 aliphatic heterocycles. The molecule has 0 aromatic carbocycles. The number of carbonyl (C=O) groups is 2. The van der Waals surface area contributed by atoms with E-state index in [2.05, 4.69) is 11.9 Å². The average Bonchev–Trinajstić information content (AvgIpc) is 2.49. The molecule has 0 spiro atoms. The number of hydrogen-bond acceptors (Lipinski definition) is 5. The van der Waals surface area contributed by atoms with Gasteiger partial charge in [0.25, 0.3) is 0 Å². The third kappa shape index (κ3) is 3.29. The maximum atomic E-state index is 9.10. The second kappa shape index (κ2) is 6.64. The Morgan fingerprint density at radius 3 is 2.27 bits per heavy atom. The minimum atomic E-state index is -1.82. The van der Waals surface area contributed by atoms with Crippen LogP contribution in [0.4, 0.5) is 11.5 Å². The lowest BCUT2D eigenvalue weighted by Gasteiger charge is -2.30. The molecule has 0 atom stereocenters. The molecule has 0 amide bonds. The third-order valence-corrected chi connectivity index (χ3v) is 4.06.